The number of halogens is 1. The van der Waals surface area contributed by atoms with Gasteiger partial charge in [-0.05, 0) is 54.6 Å². The number of fused-ring (bicyclic) bond motifs is 1. The van der Waals surface area contributed by atoms with Gasteiger partial charge in [-0.2, -0.15) is 0 Å². The molecule has 0 saturated carbocycles. The van der Waals surface area contributed by atoms with Gasteiger partial charge >= 0.3 is 5.97 Å². The average Bonchev–Trinajstić information content (AvgIpc) is 2.99. The molecule has 0 aliphatic rings. The molecular weight excluding hydrogens is 368 g/mol. The highest BCUT2D eigenvalue weighted by atomic mass is 35.5. The van der Waals surface area contributed by atoms with Crippen LogP contribution in [0.15, 0.2) is 48.5 Å². The molecule has 0 atom stereocenters. The SMILES string of the molecule is COC(=O)COc1ccc(C(=O)/C=C/c2nc3cc(Cl)ccc3n2C)cc1. The second-order valence-electron chi connectivity index (χ2n) is 5.75. The van der Waals surface area contributed by atoms with Crippen LogP contribution in [-0.4, -0.2) is 35.0 Å². The van der Waals surface area contributed by atoms with Crippen molar-refractivity contribution in [2.24, 2.45) is 7.05 Å². The van der Waals surface area contributed by atoms with Gasteiger partial charge in [-0.25, -0.2) is 9.78 Å². The molecule has 0 unspecified atom stereocenters. The van der Waals surface area contributed by atoms with Gasteiger partial charge in [0.25, 0.3) is 0 Å². The Labute approximate surface area is 161 Å². The molecule has 1 heterocycles. The van der Waals surface area contributed by atoms with Crippen molar-refractivity contribution in [1.29, 1.82) is 0 Å². The topological polar surface area (TPSA) is 70.4 Å². The van der Waals surface area contributed by atoms with Gasteiger partial charge < -0.3 is 14.0 Å². The van der Waals surface area contributed by atoms with Crippen LogP contribution >= 0.6 is 11.6 Å². The van der Waals surface area contributed by atoms with Crippen LogP contribution in [0, 0.1) is 0 Å². The minimum absolute atomic E-state index is 0.167. The van der Waals surface area contributed by atoms with E-state index in [1.54, 1.807) is 42.5 Å². The van der Waals surface area contributed by atoms with Gasteiger partial charge in [0.15, 0.2) is 12.4 Å². The molecule has 0 aliphatic carbocycles. The highest BCUT2D eigenvalue weighted by Gasteiger charge is 2.08. The molecule has 0 N–H and O–H groups in total. The first-order valence-electron chi connectivity index (χ1n) is 8.12. The third kappa shape index (κ3) is 4.35. The van der Waals surface area contributed by atoms with Crippen molar-refractivity contribution >= 4 is 40.5 Å². The first-order chi connectivity index (χ1) is 13.0. The Bertz CT molecular complexity index is 1020. The van der Waals surface area contributed by atoms with Crippen LogP contribution in [0.25, 0.3) is 17.1 Å². The monoisotopic (exact) mass is 384 g/mol. The van der Waals surface area contributed by atoms with E-state index in [2.05, 4.69) is 9.72 Å². The Balaban J connectivity index is 1.71. The number of hydrogen-bond acceptors (Lipinski definition) is 5. The number of aromatic nitrogens is 2. The van der Waals surface area contributed by atoms with Gasteiger partial charge in [0.2, 0.25) is 0 Å². The third-order valence-corrected chi connectivity index (χ3v) is 4.22. The molecule has 7 heteroatoms. The lowest BCUT2D eigenvalue weighted by Crippen LogP contribution is -2.12. The van der Waals surface area contributed by atoms with Crippen LogP contribution < -0.4 is 4.74 Å². The molecule has 0 aliphatic heterocycles. The van der Waals surface area contributed by atoms with E-state index in [0.29, 0.717) is 22.2 Å². The van der Waals surface area contributed by atoms with E-state index < -0.39 is 5.97 Å². The van der Waals surface area contributed by atoms with Crippen molar-refractivity contribution in [2.75, 3.05) is 13.7 Å². The summed E-state index contributed by atoms with van der Waals surface area (Å²) in [4.78, 5) is 27.9. The Kier molecular flexibility index (Phi) is 5.57. The summed E-state index contributed by atoms with van der Waals surface area (Å²) in [5.41, 5.74) is 2.20. The number of allylic oxidation sites excluding steroid dienone is 1. The summed E-state index contributed by atoms with van der Waals surface area (Å²) in [6.07, 6.45) is 3.13. The quantitative estimate of drug-likeness (QED) is 0.368. The lowest BCUT2D eigenvalue weighted by Gasteiger charge is -2.04. The summed E-state index contributed by atoms with van der Waals surface area (Å²) in [6, 6.07) is 12.0. The zero-order chi connectivity index (χ0) is 19.4. The van der Waals surface area contributed by atoms with Crippen molar-refractivity contribution < 1.29 is 19.1 Å². The number of nitrogens with zero attached hydrogens (tertiary/aromatic N) is 2. The second kappa shape index (κ2) is 8.05. The molecule has 0 bridgehead atoms. The van der Waals surface area contributed by atoms with Crippen molar-refractivity contribution in [3.63, 3.8) is 0 Å². The number of benzene rings is 2. The molecular formula is C20H17ClN2O4. The molecule has 0 spiro atoms. The molecule has 27 heavy (non-hydrogen) atoms. The zero-order valence-corrected chi connectivity index (χ0v) is 15.6. The fourth-order valence-electron chi connectivity index (χ4n) is 2.50. The number of rotatable bonds is 6. The molecule has 2 aromatic carbocycles. The molecule has 0 saturated heterocycles. The zero-order valence-electron chi connectivity index (χ0n) is 14.8. The number of ether oxygens (including phenoxy) is 2. The largest absolute Gasteiger partial charge is 0.482 e. The summed E-state index contributed by atoms with van der Waals surface area (Å²) in [6.45, 7) is -0.180. The average molecular weight is 385 g/mol. The summed E-state index contributed by atoms with van der Waals surface area (Å²) in [5, 5.41) is 0.613. The second-order valence-corrected chi connectivity index (χ2v) is 6.19. The maximum absolute atomic E-state index is 12.4. The normalized spacial score (nSPS) is 11.1. The number of hydrogen-bond donors (Lipinski definition) is 0. The van der Waals surface area contributed by atoms with Crippen molar-refractivity contribution in [1.82, 2.24) is 9.55 Å². The summed E-state index contributed by atoms with van der Waals surface area (Å²) in [5.74, 6) is 0.494. The fraction of sp³-hybridized carbons (Fsp3) is 0.150. The lowest BCUT2D eigenvalue weighted by molar-refractivity contribution is -0.142. The summed E-state index contributed by atoms with van der Waals surface area (Å²) >= 11 is 5.99. The Hall–Kier alpha value is -3.12. The van der Waals surface area contributed by atoms with Gasteiger partial charge in [0, 0.05) is 17.6 Å². The van der Waals surface area contributed by atoms with Gasteiger partial charge in [-0.15, -0.1) is 0 Å². The van der Waals surface area contributed by atoms with Crippen molar-refractivity contribution in [3.8, 4) is 5.75 Å². The van der Waals surface area contributed by atoms with Crippen molar-refractivity contribution in [3.05, 3.63) is 65.0 Å². The van der Waals surface area contributed by atoms with E-state index in [1.807, 2.05) is 17.7 Å². The third-order valence-electron chi connectivity index (χ3n) is 3.98. The molecule has 1 aromatic heterocycles. The van der Waals surface area contributed by atoms with Gasteiger partial charge in [0.05, 0.1) is 18.1 Å². The number of ketones is 1. The van der Waals surface area contributed by atoms with E-state index >= 15 is 0 Å². The molecule has 0 fully saturated rings. The first-order valence-corrected chi connectivity index (χ1v) is 8.50. The van der Waals surface area contributed by atoms with Gasteiger partial charge in [-0.1, -0.05) is 11.6 Å². The standard InChI is InChI=1S/C20H17ClN2O4/c1-23-17-8-5-14(21)11-16(17)22-19(23)10-9-18(24)13-3-6-15(7-4-13)27-12-20(25)26-2/h3-11H,12H2,1-2H3/b10-9+. The Morgan fingerprint density at radius 2 is 1.93 bits per heavy atom. The number of esters is 1. The van der Waals surface area contributed by atoms with Gasteiger partial charge in [-0.3, -0.25) is 4.79 Å². The number of carbonyl (C=O) groups excluding carboxylic acids is 2. The highest BCUT2D eigenvalue weighted by molar-refractivity contribution is 6.31. The minimum atomic E-state index is -0.471. The molecule has 0 radical (unpaired) electrons. The predicted octanol–water partition coefficient (Wildman–Crippen LogP) is 3.67. The fourth-order valence-corrected chi connectivity index (χ4v) is 2.67. The van der Waals surface area contributed by atoms with Crippen molar-refractivity contribution in [2.45, 2.75) is 0 Å². The highest BCUT2D eigenvalue weighted by Crippen LogP contribution is 2.20. The molecule has 0 amide bonds. The maximum Gasteiger partial charge on any atom is 0.343 e. The lowest BCUT2D eigenvalue weighted by atomic mass is 10.1. The smallest absolute Gasteiger partial charge is 0.343 e. The predicted molar refractivity (Wildman–Crippen MR) is 103 cm³/mol. The van der Waals surface area contributed by atoms with Crippen LogP contribution in [0.2, 0.25) is 5.02 Å². The van der Waals surface area contributed by atoms with E-state index in [9.17, 15) is 9.59 Å². The molecule has 6 nitrogen and oxygen atoms in total. The number of carbonyl (C=O) groups is 2. The summed E-state index contributed by atoms with van der Waals surface area (Å²) < 4.78 is 11.6. The summed E-state index contributed by atoms with van der Waals surface area (Å²) in [7, 11) is 3.17. The minimum Gasteiger partial charge on any atom is -0.482 e. The van der Waals surface area contributed by atoms with Crippen LogP contribution in [-0.2, 0) is 16.6 Å². The number of aryl methyl sites for hydroxylation is 1. The van der Waals surface area contributed by atoms with E-state index in [0.717, 1.165) is 11.0 Å². The number of methoxy groups -OCH3 is 1. The van der Waals surface area contributed by atoms with E-state index in [-0.39, 0.29) is 12.4 Å². The van der Waals surface area contributed by atoms with Crippen LogP contribution in [0.1, 0.15) is 16.2 Å². The number of imidazole rings is 1. The molecule has 138 valence electrons. The first kappa shape index (κ1) is 18.7. The van der Waals surface area contributed by atoms with Crippen LogP contribution in [0.3, 0.4) is 0 Å². The van der Waals surface area contributed by atoms with Crippen LogP contribution in [0.5, 0.6) is 5.75 Å². The van der Waals surface area contributed by atoms with E-state index in [1.165, 1.54) is 13.2 Å². The molecule has 3 rings (SSSR count). The van der Waals surface area contributed by atoms with E-state index in [4.69, 9.17) is 16.3 Å². The maximum atomic E-state index is 12.4. The Morgan fingerprint density at radius 3 is 2.63 bits per heavy atom. The Morgan fingerprint density at radius 1 is 1.19 bits per heavy atom. The molecule has 3 aromatic rings. The van der Waals surface area contributed by atoms with Crippen LogP contribution in [0.4, 0.5) is 0 Å². The van der Waals surface area contributed by atoms with Gasteiger partial charge in [0.1, 0.15) is 11.6 Å².